The maximum absolute atomic E-state index is 13.0. The van der Waals surface area contributed by atoms with Crippen LogP contribution < -0.4 is 5.32 Å². The molecule has 0 aliphatic heterocycles. The van der Waals surface area contributed by atoms with Gasteiger partial charge in [-0.1, -0.05) is 19.1 Å². The molecule has 1 unspecified atom stereocenters. The zero-order chi connectivity index (χ0) is 21.8. The first-order valence-corrected chi connectivity index (χ1v) is 10.1. The van der Waals surface area contributed by atoms with Gasteiger partial charge in [-0.3, -0.25) is 10.1 Å². The Morgan fingerprint density at radius 3 is 2.45 bits per heavy atom. The quantitative estimate of drug-likeness (QED) is 0.595. The van der Waals surface area contributed by atoms with Crippen molar-refractivity contribution in [2.45, 2.75) is 65.6 Å². The maximum Gasteiger partial charge on any atom is 0.411 e. The van der Waals surface area contributed by atoms with E-state index in [1.54, 1.807) is 37.1 Å². The fourth-order valence-electron chi connectivity index (χ4n) is 2.78. The van der Waals surface area contributed by atoms with E-state index in [-0.39, 0.29) is 23.9 Å². The van der Waals surface area contributed by atoms with Crippen molar-refractivity contribution in [3.05, 3.63) is 48.0 Å². The van der Waals surface area contributed by atoms with Crippen LogP contribution in [0.3, 0.4) is 0 Å². The van der Waals surface area contributed by atoms with Crippen LogP contribution in [0.25, 0.3) is 0 Å². The third-order valence-electron chi connectivity index (χ3n) is 4.30. The zero-order valence-corrected chi connectivity index (χ0v) is 18.2. The maximum atomic E-state index is 13.0. The van der Waals surface area contributed by atoms with Crippen molar-refractivity contribution < 1.29 is 18.7 Å². The van der Waals surface area contributed by atoms with Gasteiger partial charge in [0.05, 0.1) is 6.10 Å². The van der Waals surface area contributed by atoms with Crippen LogP contribution in [-0.2, 0) is 16.1 Å². The molecule has 0 bridgehead atoms. The average molecular weight is 408 g/mol. The summed E-state index contributed by atoms with van der Waals surface area (Å²) in [6.45, 7) is 8.95. The molecule has 7 heteroatoms. The highest BCUT2D eigenvalue weighted by atomic mass is 19.1. The van der Waals surface area contributed by atoms with Crippen molar-refractivity contribution in [1.82, 2.24) is 15.1 Å². The van der Waals surface area contributed by atoms with Gasteiger partial charge in [0.1, 0.15) is 5.82 Å². The van der Waals surface area contributed by atoms with Crippen molar-refractivity contribution in [2.75, 3.05) is 13.6 Å². The first-order valence-electron chi connectivity index (χ1n) is 10.1. The number of nitrogens with zero attached hydrogens (tertiary/aromatic N) is 2. The second kappa shape index (κ2) is 12.9. The molecule has 1 aromatic carbocycles. The van der Waals surface area contributed by atoms with Crippen LogP contribution in [0.15, 0.2) is 36.7 Å². The smallest absolute Gasteiger partial charge is 0.411 e. The van der Waals surface area contributed by atoms with E-state index < -0.39 is 6.09 Å². The van der Waals surface area contributed by atoms with E-state index >= 15 is 0 Å². The Morgan fingerprint density at radius 1 is 1.21 bits per heavy atom. The fraction of sp³-hybridized carbons (Fsp3) is 0.545. The van der Waals surface area contributed by atoms with Crippen LogP contribution in [0, 0.1) is 5.82 Å². The summed E-state index contributed by atoms with van der Waals surface area (Å²) >= 11 is 0. The summed E-state index contributed by atoms with van der Waals surface area (Å²) in [7, 11) is 1.99. The number of ether oxygens (including phenoxy) is 1. The largest absolute Gasteiger partial charge is 0.447 e. The van der Waals surface area contributed by atoms with Gasteiger partial charge in [-0.25, -0.2) is 9.18 Å². The lowest BCUT2D eigenvalue weighted by atomic mass is 10.1. The molecule has 1 N–H and O–H groups in total. The SMILES string of the molecule is CCCC(=O)N(/C=C/NC(=O)OC(C)C)C(C)CCN(C)Cc1ccc(F)cc1. The van der Waals surface area contributed by atoms with Crippen molar-refractivity contribution in [3.8, 4) is 0 Å². The number of benzene rings is 1. The summed E-state index contributed by atoms with van der Waals surface area (Å²) in [5.74, 6) is -0.232. The molecular formula is C22H34FN3O3. The number of nitrogens with one attached hydrogen (secondary N) is 1. The molecule has 162 valence electrons. The number of hydrogen-bond donors (Lipinski definition) is 1. The summed E-state index contributed by atoms with van der Waals surface area (Å²) in [6.07, 6.45) is 4.23. The third kappa shape index (κ3) is 10.1. The van der Waals surface area contributed by atoms with E-state index in [2.05, 4.69) is 10.2 Å². The Kier molecular flexibility index (Phi) is 11.0. The normalized spacial score (nSPS) is 12.4. The molecule has 1 aromatic rings. The zero-order valence-electron chi connectivity index (χ0n) is 18.2. The van der Waals surface area contributed by atoms with Crippen LogP contribution in [0.5, 0.6) is 0 Å². The van der Waals surface area contributed by atoms with Crippen LogP contribution in [0.2, 0.25) is 0 Å². The van der Waals surface area contributed by atoms with Crippen LogP contribution in [0.4, 0.5) is 9.18 Å². The number of alkyl carbamates (subject to hydrolysis) is 1. The number of amides is 2. The summed E-state index contributed by atoms with van der Waals surface area (Å²) < 4.78 is 18.0. The molecule has 0 saturated carbocycles. The lowest BCUT2D eigenvalue weighted by Crippen LogP contribution is -2.37. The topological polar surface area (TPSA) is 61.9 Å². The van der Waals surface area contributed by atoms with Gasteiger partial charge in [-0.2, -0.15) is 0 Å². The van der Waals surface area contributed by atoms with Crippen molar-refractivity contribution in [2.24, 2.45) is 0 Å². The van der Waals surface area contributed by atoms with E-state index in [0.717, 1.165) is 24.9 Å². The Morgan fingerprint density at radius 2 is 1.86 bits per heavy atom. The van der Waals surface area contributed by atoms with Gasteiger partial charge in [0.15, 0.2) is 0 Å². The van der Waals surface area contributed by atoms with Crippen molar-refractivity contribution in [1.29, 1.82) is 0 Å². The minimum atomic E-state index is -0.550. The lowest BCUT2D eigenvalue weighted by molar-refractivity contribution is -0.130. The first-order chi connectivity index (χ1) is 13.7. The lowest BCUT2D eigenvalue weighted by Gasteiger charge is -2.28. The van der Waals surface area contributed by atoms with E-state index in [4.69, 9.17) is 4.74 Å². The van der Waals surface area contributed by atoms with E-state index in [1.165, 1.54) is 18.3 Å². The number of hydrogen-bond acceptors (Lipinski definition) is 4. The van der Waals surface area contributed by atoms with Gasteiger partial charge in [0.2, 0.25) is 5.91 Å². The van der Waals surface area contributed by atoms with E-state index in [0.29, 0.717) is 13.0 Å². The number of halogens is 1. The summed E-state index contributed by atoms with van der Waals surface area (Å²) in [4.78, 5) is 27.9. The predicted molar refractivity (Wildman–Crippen MR) is 112 cm³/mol. The minimum absolute atomic E-state index is 0.0106. The molecule has 0 aliphatic rings. The van der Waals surface area contributed by atoms with E-state index in [9.17, 15) is 14.0 Å². The Bertz CT molecular complexity index is 662. The molecule has 29 heavy (non-hydrogen) atoms. The van der Waals surface area contributed by atoms with E-state index in [1.807, 2.05) is 20.9 Å². The number of rotatable bonds is 11. The Balaban J connectivity index is 2.61. The van der Waals surface area contributed by atoms with Crippen LogP contribution in [0.1, 0.15) is 52.5 Å². The van der Waals surface area contributed by atoms with Crippen LogP contribution >= 0.6 is 0 Å². The monoisotopic (exact) mass is 407 g/mol. The summed E-state index contributed by atoms with van der Waals surface area (Å²) in [6, 6.07) is 6.43. The van der Waals surface area contributed by atoms with Crippen molar-refractivity contribution >= 4 is 12.0 Å². The van der Waals surface area contributed by atoms with Gasteiger partial charge in [-0.05, 0) is 58.4 Å². The molecule has 0 saturated heterocycles. The molecule has 0 aromatic heterocycles. The number of carbonyl (C=O) groups excluding carboxylic acids is 2. The predicted octanol–water partition coefficient (Wildman–Crippen LogP) is 4.27. The fourth-order valence-corrected chi connectivity index (χ4v) is 2.78. The van der Waals surface area contributed by atoms with Gasteiger partial charge in [0, 0.05) is 38.0 Å². The standard InChI is InChI=1S/C22H34FN3O3/c1-6-7-21(27)26(15-13-24-22(28)29-17(2)3)18(4)12-14-25(5)16-19-8-10-20(23)11-9-19/h8-11,13,15,17-18H,6-7,12,14,16H2,1-5H3,(H,24,28)/b15-13+. The molecule has 0 heterocycles. The van der Waals surface area contributed by atoms with Gasteiger partial charge in [0.25, 0.3) is 0 Å². The average Bonchev–Trinajstić information content (AvgIpc) is 2.64. The first kappa shape index (κ1) is 24.6. The molecule has 6 nitrogen and oxygen atoms in total. The highest BCUT2D eigenvalue weighted by Gasteiger charge is 2.18. The van der Waals surface area contributed by atoms with Gasteiger partial charge < -0.3 is 14.5 Å². The molecule has 1 atom stereocenters. The van der Waals surface area contributed by atoms with Crippen LogP contribution in [-0.4, -0.2) is 47.5 Å². The summed E-state index contributed by atoms with van der Waals surface area (Å²) in [5, 5.41) is 2.52. The van der Waals surface area contributed by atoms with Gasteiger partial charge >= 0.3 is 6.09 Å². The molecule has 0 radical (unpaired) electrons. The second-order valence-corrected chi connectivity index (χ2v) is 7.47. The molecular weight excluding hydrogens is 373 g/mol. The Labute approximate surface area is 173 Å². The molecule has 0 fully saturated rings. The molecule has 0 spiro atoms. The second-order valence-electron chi connectivity index (χ2n) is 7.47. The highest BCUT2D eigenvalue weighted by molar-refractivity contribution is 5.77. The third-order valence-corrected chi connectivity index (χ3v) is 4.30. The highest BCUT2D eigenvalue weighted by Crippen LogP contribution is 2.11. The molecule has 2 amide bonds. The minimum Gasteiger partial charge on any atom is -0.447 e. The Hall–Kier alpha value is -2.41. The summed E-state index contributed by atoms with van der Waals surface area (Å²) in [5.41, 5.74) is 1.04. The molecule has 1 rings (SSSR count). The van der Waals surface area contributed by atoms with Gasteiger partial charge in [-0.15, -0.1) is 0 Å². The number of carbonyl (C=O) groups is 2. The van der Waals surface area contributed by atoms with Crippen molar-refractivity contribution in [3.63, 3.8) is 0 Å². The molecule has 0 aliphatic carbocycles.